The standard InChI is InChI=1S/C14H29NO3S/c1-8-14(7,19)17-10-9-13(5,6)15-11(16)18-12(2,3)4/h19H,8-10H2,1-7H3,(H,15,16). The lowest BCUT2D eigenvalue weighted by molar-refractivity contribution is 0.0217. The second-order valence-corrected chi connectivity index (χ2v) is 7.58. The summed E-state index contributed by atoms with van der Waals surface area (Å²) in [6.45, 7) is 13.9. The van der Waals surface area contributed by atoms with Crippen molar-refractivity contribution in [3.8, 4) is 0 Å². The number of ether oxygens (including phenoxy) is 2. The van der Waals surface area contributed by atoms with Gasteiger partial charge in [-0.2, -0.15) is 0 Å². The monoisotopic (exact) mass is 291 g/mol. The molecule has 0 saturated carbocycles. The van der Waals surface area contributed by atoms with Crippen LogP contribution in [0.3, 0.4) is 0 Å². The zero-order valence-corrected chi connectivity index (χ0v) is 14.2. The predicted molar refractivity (Wildman–Crippen MR) is 81.7 cm³/mol. The maximum atomic E-state index is 11.7. The van der Waals surface area contributed by atoms with Gasteiger partial charge in [-0.15, -0.1) is 12.6 Å². The number of alkyl carbamates (subject to hydrolysis) is 1. The Morgan fingerprint density at radius 3 is 2.11 bits per heavy atom. The van der Waals surface area contributed by atoms with Gasteiger partial charge in [0.05, 0.1) is 6.61 Å². The van der Waals surface area contributed by atoms with E-state index in [2.05, 4.69) is 17.9 Å². The molecule has 5 heteroatoms. The van der Waals surface area contributed by atoms with E-state index in [1.54, 1.807) is 0 Å². The van der Waals surface area contributed by atoms with Crippen molar-refractivity contribution >= 4 is 18.7 Å². The van der Waals surface area contributed by atoms with E-state index in [-0.39, 0.29) is 5.54 Å². The quantitative estimate of drug-likeness (QED) is 0.579. The number of rotatable bonds is 6. The second kappa shape index (κ2) is 6.84. The number of thiol groups is 1. The number of hydrogen-bond acceptors (Lipinski definition) is 4. The summed E-state index contributed by atoms with van der Waals surface area (Å²) >= 11 is 4.41. The van der Waals surface area contributed by atoms with Gasteiger partial charge in [-0.1, -0.05) is 6.92 Å². The van der Waals surface area contributed by atoms with Gasteiger partial charge in [0.2, 0.25) is 0 Å². The van der Waals surface area contributed by atoms with Crippen molar-refractivity contribution in [1.82, 2.24) is 5.32 Å². The Morgan fingerprint density at radius 1 is 1.16 bits per heavy atom. The van der Waals surface area contributed by atoms with Gasteiger partial charge in [0.1, 0.15) is 10.5 Å². The zero-order chi connectivity index (χ0) is 15.3. The summed E-state index contributed by atoms with van der Waals surface area (Å²) in [6.07, 6.45) is 1.12. The fourth-order valence-corrected chi connectivity index (χ4v) is 1.36. The molecule has 0 fully saturated rings. The Bertz CT molecular complexity index is 296. The molecule has 1 unspecified atom stereocenters. The molecule has 114 valence electrons. The number of carbonyl (C=O) groups is 1. The molecule has 1 N–H and O–H groups in total. The number of nitrogens with one attached hydrogen (secondary N) is 1. The predicted octanol–water partition coefficient (Wildman–Crippen LogP) is 3.75. The van der Waals surface area contributed by atoms with Crippen molar-refractivity contribution in [1.29, 1.82) is 0 Å². The first kappa shape index (κ1) is 18.6. The van der Waals surface area contributed by atoms with Crippen molar-refractivity contribution in [2.75, 3.05) is 6.61 Å². The third-order valence-corrected chi connectivity index (χ3v) is 3.08. The largest absolute Gasteiger partial charge is 0.444 e. The first-order valence-electron chi connectivity index (χ1n) is 6.74. The van der Waals surface area contributed by atoms with Crippen LogP contribution in [-0.2, 0) is 9.47 Å². The van der Waals surface area contributed by atoms with E-state index in [1.165, 1.54) is 0 Å². The molecular weight excluding hydrogens is 262 g/mol. The third-order valence-electron chi connectivity index (χ3n) is 2.64. The molecule has 19 heavy (non-hydrogen) atoms. The van der Waals surface area contributed by atoms with Crippen molar-refractivity contribution in [2.24, 2.45) is 0 Å². The van der Waals surface area contributed by atoms with Gasteiger partial charge in [0.15, 0.2) is 0 Å². The Kier molecular flexibility index (Phi) is 6.69. The highest BCUT2D eigenvalue weighted by Gasteiger charge is 2.25. The fourth-order valence-electron chi connectivity index (χ4n) is 1.27. The summed E-state index contributed by atoms with van der Waals surface area (Å²) in [5.74, 6) is 0. The highest BCUT2D eigenvalue weighted by molar-refractivity contribution is 7.81. The lowest BCUT2D eigenvalue weighted by atomic mass is 10.0. The van der Waals surface area contributed by atoms with E-state index in [4.69, 9.17) is 9.47 Å². The normalized spacial score (nSPS) is 15.8. The van der Waals surface area contributed by atoms with Crippen LogP contribution in [-0.4, -0.2) is 28.8 Å². The van der Waals surface area contributed by atoms with E-state index < -0.39 is 16.6 Å². The molecule has 1 amide bonds. The Balaban J connectivity index is 4.15. The molecule has 4 nitrogen and oxygen atoms in total. The summed E-state index contributed by atoms with van der Waals surface area (Å²) in [5.41, 5.74) is -0.859. The molecule has 0 aliphatic rings. The summed E-state index contributed by atoms with van der Waals surface area (Å²) in [5, 5.41) is 2.85. The molecule has 0 radical (unpaired) electrons. The van der Waals surface area contributed by atoms with E-state index in [1.807, 2.05) is 48.5 Å². The average Bonchev–Trinajstić information content (AvgIpc) is 2.12. The molecule has 0 saturated heterocycles. The van der Waals surface area contributed by atoms with E-state index >= 15 is 0 Å². The van der Waals surface area contributed by atoms with Crippen LogP contribution in [0.1, 0.15) is 61.3 Å². The first-order valence-corrected chi connectivity index (χ1v) is 7.19. The maximum absolute atomic E-state index is 11.7. The van der Waals surface area contributed by atoms with Crippen LogP contribution < -0.4 is 5.32 Å². The van der Waals surface area contributed by atoms with Crippen LogP contribution >= 0.6 is 12.6 Å². The molecule has 0 aliphatic carbocycles. The molecular formula is C14H29NO3S. The van der Waals surface area contributed by atoms with E-state index in [0.717, 1.165) is 6.42 Å². The lowest BCUT2D eigenvalue weighted by Crippen LogP contribution is -2.46. The van der Waals surface area contributed by atoms with Gasteiger partial charge in [0.25, 0.3) is 0 Å². The summed E-state index contributed by atoms with van der Waals surface area (Å²) in [4.78, 5) is 11.3. The van der Waals surface area contributed by atoms with Crippen LogP contribution in [0.25, 0.3) is 0 Å². The van der Waals surface area contributed by atoms with Crippen LogP contribution in [0, 0.1) is 0 Å². The molecule has 0 aromatic carbocycles. The Morgan fingerprint density at radius 2 is 1.68 bits per heavy atom. The van der Waals surface area contributed by atoms with E-state index in [0.29, 0.717) is 13.0 Å². The minimum atomic E-state index is -0.484. The summed E-state index contributed by atoms with van der Waals surface area (Å²) in [7, 11) is 0. The molecule has 0 aromatic heterocycles. The van der Waals surface area contributed by atoms with Gasteiger partial charge in [-0.25, -0.2) is 4.79 Å². The van der Waals surface area contributed by atoms with Crippen LogP contribution in [0.2, 0.25) is 0 Å². The minimum absolute atomic E-state index is 0.375. The fraction of sp³-hybridized carbons (Fsp3) is 0.929. The Hall–Kier alpha value is -0.420. The highest BCUT2D eigenvalue weighted by Crippen LogP contribution is 2.21. The van der Waals surface area contributed by atoms with Gasteiger partial charge < -0.3 is 14.8 Å². The molecule has 0 bridgehead atoms. The van der Waals surface area contributed by atoms with Gasteiger partial charge in [-0.3, -0.25) is 0 Å². The van der Waals surface area contributed by atoms with Crippen LogP contribution in [0.15, 0.2) is 0 Å². The van der Waals surface area contributed by atoms with Crippen LogP contribution in [0.5, 0.6) is 0 Å². The number of hydrogen-bond donors (Lipinski definition) is 2. The molecule has 0 aromatic rings. The number of carbonyl (C=O) groups excluding carboxylic acids is 1. The average molecular weight is 291 g/mol. The lowest BCUT2D eigenvalue weighted by Gasteiger charge is -2.30. The number of amides is 1. The molecule has 1 atom stereocenters. The minimum Gasteiger partial charge on any atom is -0.444 e. The van der Waals surface area contributed by atoms with Crippen molar-refractivity contribution in [3.05, 3.63) is 0 Å². The van der Waals surface area contributed by atoms with Gasteiger partial charge in [-0.05, 0) is 54.4 Å². The SMILES string of the molecule is CCC(C)(S)OCCC(C)(C)NC(=O)OC(C)(C)C. The molecule has 0 spiro atoms. The second-order valence-electron chi connectivity index (χ2n) is 6.64. The van der Waals surface area contributed by atoms with Crippen LogP contribution in [0.4, 0.5) is 4.79 Å². The van der Waals surface area contributed by atoms with Crippen molar-refractivity contribution < 1.29 is 14.3 Å². The van der Waals surface area contributed by atoms with Gasteiger partial charge in [0, 0.05) is 5.54 Å². The van der Waals surface area contributed by atoms with Crippen molar-refractivity contribution in [3.63, 3.8) is 0 Å². The van der Waals surface area contributed by atoms with Gasteiger partial charge >= 0.3 is 6.09 Å². The smallest absolute Gasteiger partial charge is 0.408 e. The zero-order valence-electron chi connectivity index (χ0n) is 13.3. The Labute approximate surface area is 123 Å². The molecule has 0 heterocycles. The first-order chi connectivity index (χ1) is 8.37. The maximum Gasteiger partial charge on any atom is 0.408 e. The summed E-state index contributed by atoms with van der Waals surface area (Å²) < 4.78 is 10.9. The molecule has 0 aliphatic heterocycles. The highest BCUT2D eigenvalue weighted by atomic mass is 32.1. The topological polar surface area (TPSA) is 47.6 Å². The van der Waals surface area contributed by atoms with E-state index in [9.17, 15) is 4.79 Å². The summed E-state index contributed by atoms with van der Waals surface area (Å²) in [6, 6.07) is 0. The third kappa shape index (κ3) is 10.1. The molecule has 0 rings (SSSR count). The van der Waals surface area contributed by atoms with Crippen molar-refractivity contribution in [2.45, 2.75) is 77.4 Å².